The van der Waals surface area contributed by atoms with Crippen LogP contribution < -0.4 is 0 Å². The molecule has 3 heterocycles. The van der Waals surface area contributed by atoms with Gasteiger partial charge in [0.1, 0.15) is 5.82 Å². The van der Waals surface area contributed by atoms with E-state index in [1.54, 1.807) is 12.1 Å². The highest BCUT2D eigenvalue weighted by molar-refractivity contribution is 7.71. The fourth-order valence-electron chi connectivity index (χ4n) is 4.00. The molecule has 7 nitrogen and oxygen atoms in total. The van der Waals surface area contributed by atoms with E-state index in [4.69, 9.17) is 16.7 Å². The van der Waals surface area contributed by atoms with Crippen LogP contribution in [0, 0.1) is 17.5 Å². The van der Waals surface area contributed by atoms with Crippen LogP contribution in [0.15, 0.2) is 53.1 Å². The third-order valence-corrected chi connectivity index (χ3v) is 6.06. The van der Waals surface area contributed by atoms with Gasteiger partial charge in [-0.25, -0.2) is 9.07 Å². The van der Waals surface area contributed by atoms with Gasteiger partial charge in [0.25, 0.3) is 0 Å². The summed E-state index contributed by atoms with van der Waals surface area (Å²) in [7, 11) is 0. The largest absolute Gasteiger partial charge is 0.339 e. The molecule has 5 rings (SSSR count). The first kappa shape index (κ1) is 20.7. The fourth-order valence-corrected chi connectivity index (χ4v) is 4.19. The number of rotatable bonds is 5. The highest BCUT2D eigenvalue weighted by Crippen LogP contribution is 2.28. The predicted octanol–water partition coefficient (Wildman–Crippen LogP) is 4.94. The number of hydrogen-bond donors (Lipinski definition) is 1. The summed E-state index contributed by atoms with van der Waals surface area (Å²) in [4.78, 5) is 11.4. The molecular weight excluding hydrogens is 427 g/mol. The van der Waals surface area contributed by atoms with Gasteiger partial charge in [-0.3, -0.25) is 10.00 Å². The lowest BCUT2D eigenvalue weighted by Gasteiger charge is -2.30. The summed E-state index contributed by atoms with van der Waals surface area (Å²) in [5.41, 5.74) is 2.95. The monoisotopic (exact) mass is 450 g/mol. The van der Waals surface area contributed by atoms with Crippen molar-refractivity contribution < 1.29 is 8.91 Å². The second-order valence-electron chi connectivity index (χ2n) is 8.17. The Labute approximate surface area is 189 Å². The summed E-state index contributed by atoms with van der Waals surface area (Å²) in [5.74, 6) is 1.71. The molecule has 1 N–H and O–H groups in total. The molecule has 1 atom stereocenters. The molecular formula is C23H23FN6OS. The minimum Gasteiger partial charge on any atom is -0.339 e. The lowest BCUT2D eigenvalue weighted by Crippen LogP contribution is -2.36. The van der Waals surface area contributed by atoms with Gasteiger partial charge in [0.15, 0.2) is 5.82 Å². The summed E-state index contributed by atoms with van der Waals surface area (Å²) in [6.45, 7) is 4.42. The van der Waals surface area contributed by atoms with Crippen LogP contribution in [0.25, 0.3) is 22.8 Å². The van der Waals surface area contributed by atoms with Crippen LogP contribution in [0.4, 0.5) is 4.39 Å². The second-order valence-corrected chi connectivity index (χ2v) is 8.53. The van der Waals surface area contributed by atoms with Crippen molar-refractivity contribution in [3.8, 4) is 22.8 Å². The number of H-pyrrole nitrogens is 1. The number of aromatic nitrogens is 5. The van der Waals surface area contributed by atoms with Crippen LogP contribution >= 0.6 is 12.2 Å². The van der Waals surface area contributed by atoms with Gasteiger partial charge in [-0.2, -0.15) is 9.97 Å². The zero-order valence-corrected chi connectivity index (χ0v) is 18.5. The third kappa shape index (κ3) is 4.39. The quantitative estimate of drug-likeness (QED) is 0.434. The average Bonchev–Trinajstić information content (AvgIpc) is 3.43. The first-order chi connectivity index (χ1) is 15.5. The molecule has 0 saturated carbocycles. The summed E-state index contributed by atoms with van der Waals surface area (Å²) < 4.78 is 21.2. The van der Waals surface area contributed by atoms with E-state index in [0.29, 0.717) is 23.2 Å². The molecule has 1 aliphatic heterocycles. The Kier molecular flexibility index (Phi) is 5.67. The second kappa shape index (κ2) is 8.76. The van der Waals surface area contributed by atoms with Gasteiger partial charge in [-0.1, -0.05) is 35.0 Å². The number of aryl methyl sites for hydroxylation is 1. The van der Waals surface area contributed by atoms with Crippen LogP contribution in [0.3, 0.4) is 0 Å². The highest BCUT2D eigenvalue weighted by Gasteiger charge is 2.26. The summed E-state index contributed by atoms with van der Waals surface area (Å²) in [6.07, 6.45) is 2.00. The molecule has 0 unspecified atom stereocenters. The Balaban J connectivity index is 1.28. The number of likely N-dealkylation sites (tertiary alicyclic amines) is 1. The minimum absolute atomic E-state index is 0.138. The molecule has 2 aromatic heterocycles. The lowest BCUT2D eigenvalue weighted by atomic mass is 9.98. The molecule has 32 heavy (non-hydrogen) atoms. The molecule has 164 valence electrons. The molecule has 1 aliphatic rings. The normalized spacial score (nSPS) is 17.0. The zero-order chi connectivity index (χ0) is 22.1. The van der Waals surface area contributed by atoms with E-state index in [9.17, 15) is 4.39 Å². The SMILES string of the molecule is Cc1ccc(-c2nc(=S)n(CN3CCC[C@@H](c4nc(-c5ccc(F)cc5)no4)C3)[nH]2)cc1. The number of nitrogens with one attached hydrogen (secondary N) is 1. The maximum Gasteiger partial charge on any atom is 0.231 e. The molecule has 1 saturated heterocycles. The van der Waals surface area contributed by atoms with Crippen molar-refractivity contribution >= 4 is 12.2 Å². The Hall–Kier alpha value is -3.17. The van der Waals surface area contributed by atoms with E-state index in [1.807, 2.05) is 16.8 Å². The van der Waals surface area contributed by atoms with E-state index in [1.165, 1.54) is 17.7 Å². The first-order valence-corrected chi connectivity index (χ1v) is 11.0. The highest BCUT2D eigenvalue weighted by atomic mass is 32.1. The van der Waals surface area contributed by atoms with Crippen molar-refractivity contribution in [2.75, 3.05) is 13.1 Å². The average molecular weight is 451 g/mol. The van der Waals surface area contributed by atoms with Gasteiger partial charge in [0, 0.05) is 17.7 Å². The van der Waals surface area contributed by atoms with Crippen molar-refractivity contribution in [3.05, 3.63) is 70.6 Å². The van der Waals surface area contributed by atoms with E-state index >= 15 is 0 Å². The standard InChI is InChI=1S/C23H23FN6OS/c1-15-4-6-16(7-5-15)20-26-23(32)30(27-20)14-29-12-2-3-18(13-29)22-25-21(28-31-22)17-8-10-19(24)11-9-17/h4-11,18H,2-3,12-14H2,1H3,(H,26,27,32)/t18-/m1/s1. The molecule has 0 bridgehead atoms. The number of benzene rings is 2. The molecule has 0 aliphatic carbocycles. The minimum atomic E-state index is -0.289. The number of aromatic amines is 1. The molecule has 0 radical (unpaired) electrons. The number of hydrogen-bond acceptors (Lipinski definition) is 6. The predicted molar refractivity (Wildman–Crippen MR) is 121 cm³/mol. The van der Waals surface area contributed by atoms with Crippen LogP contribution in [0.5, 0.6) is 0 Å². The topological polar surface area (TPSA) is 75.8 Å². The Morgan fingerprint density at radius 2 is 1.84 bits per heavy atom. The lowest BCUT2D eigenvalue weighted by molar-refractivity contribution is 0.143. The summed E-state index contributed by atoms with van der Waals surface area (Å²) in [5, 5.41) is 7.42. The van der Waals surface area contributed by atoms with E-state index in [-0.39, 0.29) is 11.7 Å². The molecule has 2 aromatic carbocycles. The summed E-state index contributed by atoms with van der Waals surface area (Å²) in [6, 6.07) is 14.3. The molecule has 4 aromatic rings. The molecule has 0 spiro atoms. The Morgan fingerprint density at radius 1 is 1.09 bits per heavy atom. The van der Waals surface area contributed by atoms with Crippen molar-refractivity contribution in [2.45, 2.75) is 32.4 Å². The van der Waals surface area contributed by atoms with E-state index in [0.717, 1.165) is 42.9 Å². The van der Waals surface area contributed by atoms with Crippen LogP contribution in [-0.2, 0) is 6.67 Å². The van der Waals surface area contributed by atoms with Crippen molar-refractivity contribution in [2.24, 2.45) is 0 Å². The van der Waals surface area contributed by atoms with Crippen LogP contribution in [0.1, 0.15) is 30.2 Å². The first-order valence-electron chi connectivity index (χ1n) is 10.6. The molecule has 9 heteroatoms. The summed E-state index contributed by atoms with van der Waals surface area (Å²) >= 11 is 5.48. The number of halogens is 1. The van der Waals surface area contributed by atoms with Gasteiger partial charge in [-0.15, -0.1) is 0 Å². The van der Waals surface area contributed by atoms with Gasteiger partial charge >= 0.3 is 0 Å². The van der Waals surface area contributed by atoms with Gasteiger partial charge < -0.3 is 4.52 Å². The maximum absolute atomic E-state index is 13.2. The zero-order valence-electron chi connectivity index (χ0n) is 17.7. The third-order valence-electron chi connectivity index (χ3n) is 5.74. The van der Waals surface area contributed by atoms with E-state index in [2.05, 4.69) is 44.2 Å². The van der Waals surface area contributed by atoms with Gasteiger partial charge in [-0.05, 0) is 62.8 Å². The molecule has 0 amide bonds. The fraction of sp³-hybridized carbons (Fsp3) is 0.304. The van der Waals surface area contributed by atoms with Crippen molar-refractivity contribution in [3.63, 3.8) is 0 Å². The molecule has 1 fully saturated rings. The Bertz CT molecular complexity index is 1260. The maximum atomic E-state index is 13.2. The van der Waals surface area contributed by atoms with Crippen molar-refractivity contribution in [1.82, 2.24) is 29.8 Å². The van der Waals surface area contributed by atoms with Gasteiger partial charge in [0.2, 0.25) is 16.5 Å². The van der Waals surface area contributed by atoms with Gasteiger partial charge in [0.05, 0.1) is 12.6 Å². The Morgan fingerprint density at radius 3 is 2.62 bits per heavy atom. The number of nitrogens with zero attached hydrogens (tertiary/aromatic N) is 5. The van der Waals surface area contributed by atoms with E-state index < -0.39 is 0 Å². The van der Waals surface area contributed by atoms with Crippen LogP contribution in [0.2, 0.25) is 0 Å². The van der Waals surface area contributed by atoms with Crippen molar-refractivity contribution in [1.29, 1.82) is 0 Å². The van der Waals surface area contributed by atoms with Crippen LogP contribution in [-0.4, -0.2) is 42.9 Å². The smallest absolute Gasteiger partial charge is 0.231 e. The number of piperidine rings is 1.